The lowest BCUT2D eigenvalue weighted by Crippen LogP contribution is -2.30. The zero-order valence-corrected chi connectivity index (χ0v) is 17.4. The summed E-state index contributed by atoms with van der Waals surface area (Å²) in [6.45, 7) is 5.49. The molecule has 3 rings (SSSR count). The first-order chi connectivity index (χ1) is 13.0. The molecule has 1 amide bonds. The van der Waals surface area contributed by atoms with Crippen LogP contribution in [-0.2, 0) is 24.8 Å². The summed E-state index contributed by atoms with van der Waals surface area (Å²) < 4.78 is 53.2. The van der Waals surface area contributed by atoms with E-state index in [4.69, 9.17) is 0 Å². The van der Waals surface area contributed by atoms with Gasteiger partial charge in [0.1, 0.15) is 0 Å². The number of amides is 1. The van der Waals surface area contributed by atoms with Gasteiger partial charge in [0.05, 0.1) is 27.9 Å². The highest BCUT2D eigenvalue weighted by Gasteiger charge is 2.41. The van der Waals surface area contributed by atoms with E-state index in [1.165, 1.54) is 24.3 Å². The molecule has 1 atom stereocenters. The van der Waals surface area contributed by atoms with Gasteiger partial charge in [-0.05, 0) is 41.8 Å². The Kier molecular flexibility index (Phi) is 5.24. The number of carbonyl (C=O) groups is 1. The summed E-state index contributed by atoms with van der Waals surface area (Å²) >= 11 is 0. The van der Waals surface area contributed by atoms with Crippen molar-refractivity contribution in [3.8, 4) is 0 Å². The van der Waals surface area contributed by atoms with Crippen molar-refractivity contribution < 1.29 is 21.6 Å². The highest BCUT2D eigenvalue weighted by molar-refractivity contribution is 7.94. The van der Waals surface area contributed by atoms with Crippen molar-refractivity contribution in [2.75, 3.05) is 14.8 Å². The van der Waals surface area contributed by atoms with Crippen molar-refractivity contribution in [3.05, 3.63) is 54.1 Å². The van der Waals surface area contributed by atoms with Gasteiger partial charge in [0.2, 0.25) is 15.9 Å². The number of benzene rings is 2. The minimum absolute atomic E-state index is 0.0214. The van der Waals surface area contributed by atoms with E-state index >= 15 is 0 Å². The van der Waals surface area contributed by atoms with Gasteiger partial charge >= 0.3 is 0 Å². The van der Waals surface area contributed by atoms with Gasteiger partial charge in [-0.3, -0.25) is 9.52 Å². The maximum Gasteiger partial charge on any atom is 0.261 e. The molecule has 0 saturated carbocycles. The minimum Gasteiger partial charge on any atom is -0.279 e. The number of hydrogen-bond acceptors (Lipinski definition) is 5. The molecule has 28 heavy (non-hydrogen) atoms. The fourth-order valence-corrected chi connectivity index (χ4v) is 6.05. The van der Waals surface area contributed by atoms with Gasteiger partial charge in [0.15, 0.2) is 0 Å². The quantitative estimate of drug-likeness (QED) is 0.798. The van der Waals surface area contributed by atoms with E-state index in [2.05, 4.69) is 4.72 Å². The highest BCUT2D eigenvalue weighted by Crippen LogP contribution is 2.30. The van der Waals surface area contributed by atoms with Crippen LogP contribution >= 0.6 is 0 Å². The van der Waals surface area contributed by atoms with Crippen molar-refractivity contribution in [2.45, 2.75) is 31.6 Å². The molecule has 9 heteroatoms. The molecule has 7 nitrogen and oxygen atoms in total. The number of para-hydroxylation sites is 1. The lowest BCUT2D eigenvalue weighted by Gasteiger charge is -2.17. The van der Waals surface area contributed by atoms with Gasteiger partial charge in [-0.2, -0.15) is 0 Å². The summed E-state index contributed by atoms with van der Waals surface area (Å²) in [7, 11) is -7.60. The summed E-state index contributed by atoms with van der Waals surface area (Å²) in [5.74, 6) is -1.25. The van der Waals surface area contributed by atoms with Crippen LogP contribution in [0.2, 0.25) is 0 Å². The fourth-order valence-electron chi connectivity index (χ4n) is 3.14. The summed E-state index contributed by atoms with van der Waals surface area (Å²) in [5, 5.41) is 0. The van der Waals surface area contributed by atoms with Crippen LogP contribution in [-0.4, -0.2) is 28.5 Å². The van der Waals surface area contributed by atoms with E-state index in [0.717, 1.165) is 9.87 Å². The third kappa shape index (κ3) is 3.77. The summed E-state index contributed by atoms with van der Waals surface area (Å²) in [6, 6.07) is 12.4. The summed E-state index contributed by atoms with van der Waals surface area (Å²) in [4.78, 5) is 12.1. The molecule has 150 valence electrons. The molecule has 0 radical (unpaired) electrons. The normalized spacial score (nSPS) is 19.2. The second-order valence-corrected chi connectivity index (χ2v) is 10.7. The van der Waals surface area contributed by atoms with Crippen LogP contribution in [0.4, 0.5) is 11.4 Å². The first-order valence-electron chi connectivity index (χ1n) is 8.81. The molecule has 1 fully saturated rings. The largest absolute Gasteiger partial charge is 0.279 e. The van der Waals surface area contributed by atoms with Crippen molar-refractivity contribution in [1.82, 2.24) is 0 Å². The number of carbonyl (C=O) groups excluding carboxylic acids is 1. The molecule has 1 N–H and O–H groups in total. The highest BCUT2D eigenvalue weighted by atomic mass is 32.2. The summed E-state index contributed by atoms with van der Waals surface area (Å²) in [5.41, 5.74) is 1.49. The third-order valence-corrected chi connectivity index (χ3v) is 7.82. The van der Waals surface area contributed by atoms with Crippen molar-refractivity contribution in [1.29, 1.82) is 0 Å². The molecule has 0 spiro atoms. The number of sulfonamides is 2. The second-order valence-electron chi connectivity index (χ2n) is 7.12. The van der Waals surface area contributed by atoms with Crippen LogP contribution in [0.15, 0.2) is 53.4 Å². The predicted octanol–water partition coefficient (Wildman–Crippen LogP) is 2.92. The smallest absolute Gasteiger partial charge is 0.261 e. The molecule has 0 bridgehead atoms. The lowest BCUT2D eigenvalue weighted by atomic mass is 10.0. The van der Waals surface area contributed by atoms with Gasteiger partial charge in [0, 0.05) is 0 Å². The van der Waals surface area contributed by atoms with Gasteiger partial charge in [0.25, 0.3) is 10.0 Å². The zero-order valence-electron chi connectivity index (χ0n) is 15.8. The Morgan fingerprint density at radius 1 is 1.07 bits per heavy atom. The van der Waals surface area contributed by atoms with Crippen LogP contribution < -0.4 is 9.03 Å². The Morgan fingerprint density at radius 2 is 1.68 bits per heavy atom. The monoisotopic (exact) mass is 422 g/mol. The van der Waals surface area contributed by atoms with E-state index in [1.807, 2.05) is 26.0 Å². The van der Waals surface area contributed by atoms with Crippen LogP contribution in [0.5, 0.6) is 0 Å². The Balaban J connectivity index is 1.90. The molecule has 2 aromatic carbocycles. The molecule has 1 unspecified atom stereocenters. The zero-order chi connectivity index (χ0) is 20.7. The van der Waals surface area contributed by atoms with E-state index in [1.54, 1.807) is 19.1 Å². The molecule has 0 aromatic heterocycles. The van der Waals surface area contributed by atoms with Crippen LogP contribution in [0.1, 0.15) is 32.3 Å². The fraction of sp³-hybridized carbons (Fsp3) is 0.316. The van der Waals surface area contributed by atoms with E-state index in [-0.39, 0.29) is 22.3 Å². The Hall–Kier alpha value is -2.39. The average Bonchev–Trinajstić information content (AvgIpc) is 2.82. The molecule has 0 aliphatic carbocycles. The van der Waals surface area contributed by atoms with Crippen molar-refractivity contribution in [2.24, 2.45) is 5.92 Å². The minimum atomic E-state index is -3.87. The van der Waals surface area contributed by atoms with Gasteiger partial charge in [-0.15, -0.1) is 0 Å². The standard InChI is InChI=1S/C19H22N2O5S2/c1-13(2)17-6-4-5-7-18(17)20-28(25,26)16-10-8-15(9-11-16)21-19(22)14(3)12-27(21,23)24/h4-11,13-14,20H,12H2,1-3H3. The molecule has 2 aromatic rings. The molecular formula is C19H22N2O5S2. The number of hydrogen-bond donors (Lipinski definition) is 1. The van der Waals surface area contributed by atoms with Crippen LogP contribution in [0, 0.1) is 5.92 Å². The third-order valence-electron chi connectivity index (χ3n) is 4.57. The maximum absolute atomic E-state index is 12.7. The first-order valence-corrected chi connectivity index (χ1v) is 11.9. The SMILES string of the molecule is CC1CS(=O)(=O)N(c2ccc(S(=O)(=O)Nc3ccccc3C(C)C)cc2)C1=O. The van der Waals surface area contributed by atoms with E-state index in [9.17, 15) is 21.6 Å². The molecule has 1 heterocycles. The number of anilines is 2. The summed E-state index contributed by atoms with van der Waals surface area (Å²) in [6.07, 6.45) is 0. The lowest BCUT2D eigenvalue weighted by molar-refractivity contribution is -0.119. The Morgan fingerprint density at radius 3 is 2.21 bits per heavy atom. The van der Waals surface area contributed by atoms with E-state index in [0.29, 0.717) is 5.69 Å². The Bertz CT molecular complexity index is 1110. The number of nitrogens with zero attached hydrogens (tertiary/aromatic N) is 1. The molecule has 1 aliphatic rings. The molecule has 1 saturated heterocycles. The topological polar surface area (TPSA) is 101 Å². The van der Waals surface area contributed by atoms with E-state index < -0.39 is 31.9 Å². The van der Waals surface area contributed by atoms with Gasteiger partial charge < -0.3 is 0 Å². The van der Waals surface area contributed by atoms with Crippen LogP contribution in [0.3, 0.4) is 0 Å². The van der Waals surface area contributed by atoms with Crippen LogP contribution in [0.25, 0.3) is 0 Å². The number of nitrogens with one attached hydrogen (secondary N) is 1. The van der Waals surface area contributed by atoms with Gasteiger partial charge in [-0.1, -0.05) is 39.0 Å². The van der Waals surface area contributed by atoms with Crippen molar-refractivity contribution >= 4 is 37.3 Å². The first kappa shape index (κ1) is 20.3. The predicted molar refractivity (Wildman–Crippen MR) is 108 cm³/mol. The average molecular weight is 423 g/mol. The van der Waals surface area contributed by atoms with Crippen molar-refractivity contribution in [3.63, 3.8) is 0 Å². The maximum atomic E-state index is 12.7. The van der Waals surface area contributed by atoms with Gasteiger partial charge in [-0.25, -0.2) is 21.1 Å². The molecular weight excluding hydrogens is 400 g/mol. The number of rotatable bonds is 5. The second kappa shape index (κ2) is 7.21. The Labute approximate surface area is 165 Å². The molecule has 1 aliphatic heterocycles.